The monoisotopic (exact) mass is 971 g/mol. The van der Waals surface area contributed by atoms with Gasteiger partial charge in [-0.3, -0.25) is 4.79 Å². The van der Waals surface area contributed by atoms with Crippen molar-refractivity contribution in [2.24, 2.45) is 11.8 Å². The average molecular weight is 971 g/mol. The maximum absolute atomic E-state index is 12.5. The standard InChI is InChI=1S/C56H74O14/c1-31-22-42-45(27-51(58)66-42)65-50-26-44-46(70-55(50,4)28-31)23-33(3)52-41(63-44)16-10-9-15-37-38(67-52)17-11-19-40-39(62-37)18-12-20-49-56(5,69-40)29-48-43(64-49)25-47-53(68-48)36(57)24-35(61-47)21-32(2)30-60-54(59)34-13-7-6-8-14-34/h6-14,19-20,31,33,35-50,52-53,57H,2,15-18,21-30H2,1,3-5H3/t31-,33+,35-,36+,37?,38+,39?,40-,41?,42+,43?,44?,45?,46+,47?,48-,49?,50?,52-,53+,55-,56+/m1/s1. The van der Waals surface area contributed by atoms with Gasteiger partial charge in [0.1, 0.15) is 37.1 Å². The summed E-state index contributed by atoms with van der Waals surface area (Å²) in [5, 5.41) is 11.5. The summed E-state index contributed by atoms with van der Waals surface area (Å²) in [7, 11) is 0. The van der Waals surface area contributed by atoms with Gasteiger partial charge in [0.25, 0.3) is 0 Å². The van der Waals surface area contributed by atoms with E-state index >= 15 is 0 Å². The second kappa shape index (κ2) is 20.2. The van der Waals surface area contributed by atoms with Crippen LogP contribution in [-0.4, -0.2) is 145 Å². The van der Waals surface area contributed by atoms with Crippen molar-refractivity contribution in [1.82, 2.24) is 0 Å². The highest BCUT2D eigenvalue weighted by atomic mass is 16.6. The second-order valence-electron chi connectivity index (χ2n) is 22.8. The van der Waals surface area contributed by atoms with Crippen LogP contribution in [0.3, 0.4) is 0 Å². The lowest BCUT2D eigenvalue weighted by Crippen LogP contribution is -2.64. The van der Waals surface area contributed by atoms with Crippen LogP contribution in [-0.2, 0) is 56.9 Å². The average Bonchev–Trinajstić information content (AvgIpc) is 3.62. The number of carbonyl (C=O) groups excluding carboxylic acids is 2. The van der Waals surface area contributed by atoms with Crippen molar-refractivity contribution in [3.8, 4) is 0 Å². The summed E-state index contributed by atoms with van der Waals surface area (Å²) in [4.78, 5) is 24.9. The molecule has 1 N–H and O–H groups in total. The van der Waals surface area contributed by atoms with Crippen LogP contribution in [0.5, 0.6) is 0 Å². The lowest BCUT2D eigenvalue weighted by Gasteiger charge is -2.54. The summed E-state index contributed by atoms with van der Waals surface area (Å²) in [6, 6.07) is 8.89. The van der Waals surface area contributed by atoms with Gasteiger partial charge in [0, 0.05) is 25.7 Å². The first-order valence-electron chi connectivity index (χ1n) is 26.4. The summed E-state index contributed by atoms with van der Waals surface area (Å²) in [5.41, 5.74) is -0.0149. The van der Waals surface area contributed by atoms with Crippen molar-refractivity contribution in [1.29, 1.82) is 0 Å². The number of carbonyl (C=O) groups is 2. The van der Waals surface area contributed by atoms with Gasteiger partial charge in [-0.15, -0.1) is 0 Å². The van der Waals surface area contributed by atoms with E-state index in [1.54, 1.807) is 24.3 Å². The van der Waals surface area contributed by atoms with Crippen molar-refractivity contribution >= 4 is 11.9 Å². The number of esters is 2. The molecular weight excluding hydrogens is 897 g/mol. The highest BCUT2D eigenvalue weighted by molar-refractivity contribution is 5.89. The third-order valence-electron chi connectivity index (χ3n) is 17.1. The van der Waals surface area contributed by atoms with Gasteiger partial charge in [-0.25, -0.2) is 4.79 Å². The molecule has 0 aromatic heterocycles. The van der Waals surface area contributed by atoms with Gasteiger partial charge in [-0.1, -0.05) is 75.1 Å². The molecule has 7 saturated heterocycles. The predicted octanol–water partition coefficient (Wildman–Crippen LogP) is 7.38. The largest absolute Gasteiger partial charge is 0.459 e. The molecule has 382 valence electrons. The Hall–Kier alpha value is -3.28. The molecule has 11 rings (SSSR count). The minimum Gasteiger partial charge on any atom is -0.459 e. The molecule has 9 unspecified atom stereocenters. The Labute approximate surface area is 412 Å². The number of hydrogen-bond donors (Lipinski definition) is 1. The number of ether oxygens (including phenoxy) is 11. The lowest BCUT2D eigenvalue weighted by molar-refractivity contribution is -0.307. The van der Waals surface area contributed by atoms with E-state index < -0.39 is 29.4 Å². The minimum atomic E-state index is -0.734. The number of aliphatic hydroxyl groups is 1. The molecule has 1 aromatic rings. The maximum Gasteiger partial charge on any atom is 0.338 e. The number of hydrogen-bond acceptors (Lipinski definition) is 14. The number of fused-ring (bicyclic) bond motifs is 9. The van der Waals surface area contributed by atoms with E-state index in [0.717, 1.165) is 31.3 Å². The van der Waals surface area contributed by atoms with E-state index in [1.165, 1.54) is 0 Å². The topological polar surface area (TPSA) is 156 Å². The molecule has 70 heavy (non-hydrogen) atoms. The number of benzene rings is 1. The Morgan fingerprint density at radius 3 is 2.24 bits per heavy atom. The van der Waals surface area contributed by atoms with Gasteiger partial charge >= 0.3 is 11.9 Å². The van der Waals surface area contributed by atoms with Crippen molar-refractivity contribution in [2.45, 2.75) is 232 Å². The van der Waals surface area contributed by atoms with Gasteiger partial charge in [0.2, 0.25) is 0 Å². The van der Waals surface area contributed by atoms with Gasteiger partial charge in [0.05, 0.1) is 103 Å². The first-order valence-corrected chi connectivity index (χ1v) is 26.4. The molecule has 0 aliphatic carbocycles. The van der Waals surface area contributed by atoms with Crippen LogP contribution in [0.4, 0.5) is 0 Å². The summed E-state index contributed by atoms with van der Waals surface area (Å²) in [6.07, 6.45) is 16.3. The molecular formula is C56H74O14. The third-order valence-corrected chi connectivity index (χ3v) is 17.1. The lowest BCUT2D eigenvalue weighted by atomic mass is 9.78. The van der Waals surface area contributed by atoms with Gasteiger partial charge in [0.15, 0.2) is 0 Å². The van der Waals surface area contributed by atoms with Gasteiger partial charge in [-0.05, 0) is 94.8 Å². The first-order chi connectivity index (χ1) is 33.8. The minimum absolute atomic E-state index is 0.0800. The Morgan fingerprint density at radius 1 is 0.671 bits per heavy atom. The molecule has 22 atom stereocenters. The Kier molecular flexibility index (Phi) is 14.1. The Balaban J connectivity index is 0.727. The van der Waals surface area contributed by atoms with E-state index in [-0.39, 0.29) is 123 Å². The fourth-order valence-corrected chi connectivity index (χ4v) is 13.6. The Morgan fingerprint density at radius 2 is 1.40 bits per heavy atom. The third kappa shape index (κ3) is 10.2. The summed E-state index contributed by atoms with van der Waals surface area (Å²) in [5.74, 6) is -0.0977. The molecule has 0 saturated carbocycles. The maximum atomic E-state index is 12.5. The van der Waals surface area contributed by atoms with E-state index in [2.05, 4.69) is 70.7 Å². The van der Waals surface area contributed by atoms with E-state index in [1.807, 2.05) is 6.07 Å². The smallest absolute Gasteiger partial charge is 0.338 e. The fraction of sp³-hybridized carbons (Fsp3) is 0.714. The van der Waals surface area contributed by atoms with E-state index in [9.17, 15) is 14.7 Å². The Bertz CT molecular complexity index is 2140. The van der Waals surface area contributed by atoms with Crippen molar-refractivity contribution in [3.05, 3.63) is 84.5 Å². The van der Waals surface area contributed by atoms with Crippen LogP contribution in [0.2, 0.25) is 0 Å². The second-order valence-corrected chi connectivity index (χ2v) is 22.8. The molecule has 14 nitrogen and oxygen atoms in total. The van der Waals surface area contributed by atoms with Crippen molar-refractivity contribution < 1.29 is 66.8 Å². The van der Waals surface area contributed by atoms with Crippen LogP contribution >= 0.6 is 0 Å². The van der Waals surface area contributed by atoms with Crippen LogP contribution in [0.1, 0.15) is 122 Å². The molecule has 10 aliphatic rings. The highest BCUT2D eigenvalue weighted by Gasteiger charge is 2.57. The molecule has 1 aromatic carbocycles. The molecule has 7 fully saturated rings. The zero-order chi connectivity index (χ0) is 48.3. The van der Waals surface area contributed by atoms with Gasteiger partial charge < -0.3 is 57.2 Å². The molecule has 10 aliphatic heterocycles. The van der Waals surface area contributed by atoms with E-state index in [0.29, 0.717) is 62.8 Å². The highest BCUT2D eigenvalue weighted by Crippen LogP contribution is 2.48. The summed E-state index contributed by atoms with van der Waals surface area (Å²) in [6.45, 7) is 13.0. The number of rotatable bonds is 5. The number of aliphatic hydroxyl groups excluding tert-OH is 1. The molecule has 0 spiro atoms. The quantitative estimate of drug-likeness (QED) is 0.230. The first kappa shape index (κ1) is 49.0. The van der Waals surface area contributed by atoms with Crippen LogP contribution in [0.15, 0.2) is 78.9 Å². The molecule has 0 amide bonds. The van der Waals surface area contributed by atoms with Crippen molar-refractivity contribution in [2.75, 3.05) is 6.61 Å². The molecule has 14 heteroatoms. The van der Waals surface area contributed by atoms with Crippen LogP contribution < -0.4 is 0 Å². The van der Waals surface area contributed by atoms with Gasteiger partial charge in [-0.2, -0.15) is 0 Å². The van der Waals surface area contributed by atoms with Crippen molar-refractivity contribution in [3.63, 3.8) is 0 Å². The molecule has 0 radical (unpaired) electrons. The zero-order valence-electron chi connectivity index (χ0n) is 41.3. The fourth-order valence-electron chi connectivity index (χ4n) is 13.6. The molecule has 0 bridgehead atoms. The zero-order valence-corrected chi connectivity index (χ0v) is 41.3. The predicted molar refractivity (Wildman–Crippen MR) is 255 cm³/mol. The van der Waals surface area contributed by atoms with Crippen LogP contribution in [0.25, 0.3) is 0 Å². The summed E-state index contributed by atoms with van der Waals surface area (Å²) >= 11 is 0. The summed E-state index contributed by atoms with van der Waals surface area (Å²) < 4.78 is 73.9. The normalized spacial score (nSPS) is 47.8. The van der Waals surface area contributed by atoms with E-state index in [4.69, 9.17) is 52.1 Å². The SMILES string of the molecule is C=C(COC(=O)c1ccccc1)C[C@@H]1C[C@H](O)[C@@H]2O[C@@H]3C[C@]4(C)O[C@@H]5C=CC[C@@H]6O[C@H]7C(CC=CCC6OC5CC=CC4OC3CC2O1)OC1CC2OC3CC(=O)O[C@H]3C[C@@H](C)C[C@@]2(C)O[C@H]1C[C@@H]7C. The van der Waals surface area contributed by atoms with Crippen LogP contribution in [0, 0.1) is 11.8 Å². The molecule has 10 heterocycles.